The summed E-state index contributed by atoms with van der Waals surface area (Å²) in [6, 6.07) is 0.546. The van der Waals surface area contributed by atoms with E-state index >= 15 is 0 Å². The fourth-order valence-electron chi connectivity index (χ4n) is 0.653. The first kappa shape index (κ1) is 30.7. The molecule has 0 aromatic carbocycles. The van der Waals surface area contributed by atoms with Crippen molar-refractivity contribution < 1.29 is 19.6 Å². The molecule has 0 aromatic rings. The summed E-state index contributed by atoms with van der Waals surface area (Å²) in [4.78, 5) is 0. The van der Waals surface area contributed by atoms with E-state index in [1.807, 2.05) is 12.4 Å². The van der Waals surface area contributed by atoms with Crippen LogP contribution in [0.5, 0.6) is 0 Å². The van der Waals surface area contributed by atoms with Gasteiger partial charge in [0.25, 0.3) is 0 Å². The summed E-state index contributed by atoms with van der Waals surface area (Å²) in [5.41, 5.74) is 0.0881. The molecule has 0 aliphatic heterocycles. The Kier molecular flexibility index (Phi) is 26.5. The van der Waals surface area contributed by atoms with E-state index in [4.69, 9.17) is 0 Å². The quantitative estimate of drug-likeness (QED) is 0.331. The van der Waals surface area contributed by atoms with E-state index in [9.17, 15) is 0 Å². The molecule has 0 heterocycles. The van der Waals surface area contributed by atoms with Gasteiger partial charge in [-0.1, -0.05) is 54.4 Å². The molecule has 142 valence electrons. The van der Waals surface area contributed by atoms with Gasteiger partial charge in [0.15, 0.2) is 0 Å². The number of rotatable bonds is 7. The minimum atomic E-state index is 0.0440. The second-order valence-electron chi connectivity index (χ2n) is 6.09. The standard InChI is InChI=1S/C12H24N2.C3H7N.2C2H5.W/c1-7-11(3,4)13-9-10-14-12(5,6)8-2;1-3(2)4;2*1-2;/h9-10H,7-8H2,1-6H3;3H,1-2H3;2*1H2,2H3;/q-2;;2*-1;/b10-9-;;;;. The van der Waals surface area contributed by atoms with Gasteiger partial charge in [-0.3, -0.25) is 0 Å². The molecular weight excluding hydrogens is 454 g/mol. The van der Waals surface area contributed by atoms with Crippen LogP contribution in [0.25, 0.3) is 10.6 Å². The van der Waals surface area contributed by atoms with E-state index in [2.05, 4.69) is 83.4 Å². The zero-order chi connectivity index (χ0) is 19.5. The molecule has 0 fully saturated rings. The summed E-state index contributed by atoms with van der Waals surface area (Å²) in [5, 5.41) is 8.88. The molecule has 0 amide bonds. The maximum Gasteiger partial charge on any atom is -0.0663 e. The number of hydrogen-bond acceptors (Lipinski definition) is 1. The Labute approximate surface area is 159 Å². The second-order valence-corrected chi connectivity index (χ2v) is 6.84. The van der Waals surface area contributed by atoms with Crippen molar-refractivity contribution in [2.45, 2.75) is 99.2 Å². The maximum absolute atomic E-state index is 4.44. The molecule has 0 aliphatic carbocycles. The first-order valence-corrected chi connectivity index (χ1v) is 9.74. The van der Waals surface area contributed by atoms with Crippen molar-refractivity contribution in [3.05, 3.63) is 36.9 Å². The van der Waals surface area contributed by atoms with E-state index in [1.165, 1.54) is 19.6 Å². The Morgan fingerprint density at radius 1 is 0.870 bits per heavy atom. The summed E-state index contributed by atoms with van der Waals surface area (Å²) in [6.45, 7) is 26.9. The van der Waals surface area contributed by atoms with Gasteiger partial charge in [0, 0.05) is 0 Å². The van der Waals surface area contributed by atoms with Gasteiger partial charge in [-0.2, -0.15) is 13.8 Å². The van der Waals surface area contributed by atoms with Crippen LogP contribution in [0.4, 0.5) is 0 Å². The van der Waals surface area contributed by atoms with Gasteiger partial charge in [0.1, 0.15) is 0 Å². The Hall–Kier alpha value is -0.172. The fraction of sp³-hybridized carbons (Fsp3) is 0.789. The molecule has 0 spiro atoms. The van der Waals surface area contributed by atoms with Gasteiger partial charge in [0.05, 0.1) is 0 Å². The summed E-state index contributed by atoms with van der Waals surface area (Å²) >= 11 is 1.33. The smallest absolute Gasteiger partial charge is 0.0663 e. The Bertz CT molecular complexity index is 239. The predicted octanol–water partition coefficient (Wildman–Crippen LogP) is 7.39. The van der Waals surface area contributed by atoms with Gasteiger partial charge in [-0.05, 0) is 0 Å². The fourth-order valence-corrected chi connectivity index (χ4v) is 0.653. The topological polar surface area (TPSA) is 40.6 Å². The van der Waals surface area contributed by atoms with Crippen molar-refractivity contribution in [3.63, 3.8) is 0 Å². The SMILES string of the molecule is CC(C)[N]=[W].CCC(C)(C)[N-]/C=C\[N-]C(C)(C)CC.[CH2-]C.[CH2-]C. The summed E-state index contributed by atoms with van der Waals surface area (Å²) in [5.74, 6) is 0. The molecule has 0 saturated heterocycles. The van der Waals surface area contributed by atoms with Crippen LogP contribution in [0.2, 0.25) is 0 Å². The van der Waals surface area contributed by atoms with Crippen molar-refractivity contribution >= 4 is 0 Å². The largest absolute Gasteiger partial charge is 0.687 e. The van der Waals surface area contributed by atoms with Crippen molar-refractivity contribution in [2.24, 2.45) is 3.50 Å². The third-order valence-corrected chi connectivity index (χ3v) is 4.37. The first-order chi connectivity index (χ1) is 10.6. The Morgan fingerprint density at radius 3 is 1.22 bits per heavy atom. The molecule has 0 N–H and O–H groups in total. The molecule has 4 heteroatoms. The Morgan fingerprint density at radius 2 is 1.09 bits per heavy atom. The molecule has 0 atom stereocenters. The molecule has 0 radical (unpaired) electrons. The minimum absolute atomic E-state index is 0.0440. The van der Waals surface area contributed by atoms with Gasteiger partial charge in [-0.25, -0.2) is 12.4 Å². The van der Waals surface area contributed by atoms with Gasteiger partial charge < -0.3 is 24.5 Å². The normalized spacial score (nSPS) is 10.5. The van der Waals surface area contributed by atoms with Crippen molar-refractivity contribution in [2.75, 3.05) is 0 Å². The van der Waals surface area contributed by atoms with Crippen LogP contribution in [0.15, 0.2) is 15.9 Å². The average molecular weight is 495 g/mol. The molecule has 23 heavy (non-hydrogen) atoms. The van der Waals surface area contributed by atoms with Crippen LogP contribution < -0.4 is 0 Å². The molecular formula is C19H41N3W-4. The summed E-state index contributed by atoms with van der Waals surface area (Å²) in [7, 11) is 0. The number of hydrogen-bond donors (Lipinski definition) is 0. The predicted molar refractivity (Wildman–Crippen MR) is 104 cm³/mol. The summed E-state index contributed by atoms with van der Waals surface area (Å²) < 4.78 is 3.97. The zero-order valence-electron chi connectivity index (χ0n) is 17.3. The zero-order valence-corrected chi connectivity index (χ0v) is 20.2. The molecule has 0 bridgehead atoms. The molecule has 0 aliphatic rings. The second kappa shape index (κ2) is 19.9. The minimum Gasteiger partial charge on any atom is -0.687 e. The van der Waals surface area contributed by atoms with E-state index in [1.54, 1.807) is 13.8 Å². The third-order valence-electron chi connectivity index (χ3n) is 2.86. The van der Waals surface area contributed by atoms with Gasteiger partial charge in [-0.15, -0.1) is 11.1 Å². The van der Waals surface area contributed by atoms with E-state index in [0.717, 1.165) is 12.8 Å². The monoisotopic (exact) mass is 495 g/mol. The van der Waals surface area contributed by atoms with Crippen LogP contribution in [-0.2, 0) is 19.6 Å². The summed E-state index contributed by atoms with van der Waals surface area (Å²) in [6.07, 6.45) is 5.74. The van der Waals surface area contributed by atoms with E-state index < -0.39 is 0 Å². The van der Waals surface area contributed by atoms with E-state index in [0.29, 0.717) is 6.04 Å². The molecule has 0 saturated carbocycles. The molecule has 0 aromatic heterocycles. The average Bonchev–Trinajstić information content (AvgIpc) is 2.56. The van der Waals surface area contributed by atoms with Crippen LogP contribution in [-0.4, -0.2) is 17.1 Å². The van der Waals surface area contributed by atoms with Crippen LogP contribution in [0.3, 0.4) is 0 Å². The van der Waals surface area contributed by atoms with E-state index in [-0.39, 0.29) is 11.1 Å². The van der Waals surface area contributed by atoms with Crippen LogP contribution in [0, 0.1) is 13.8 Å². The van der Waals surface area contributed by atoms with Crippen molar-refractivity contribution in [1.29, 1.82) is 0 Å². The van der Waals surface area contributed by atoms with Crippen LogP contribution in [0.1, 0.15) is 82.1 Å². The molecule has 3 nitrogen and oxygen atoms in total. The third kappa shape index (κ3) is 30.3. The molecule has 0 rings (SSSR count). The number of nitrogens with zero attached hydrogens (tertiary/aromatic N) is 3. The van der Waals surface area contributed by atoms with Gasteiger partial charge >= 0.3 is 43.0 Å². The first-order valence-electron chi connectivity index (χ1n) is 8.43. The van der Waals surface area contributed by atoms with Gasteiger partial charge in [0.2, 0.25) is 0 Å². The van der Waals surface area contributed by atoms with Crippen molar-refractivity contribution in [3.8, 4) is 0 Å². The maximum atomic E-state index is 4.44. The molecule has 0 unspecified atom stereocenters. The Balaban J connectivity index is -0.000000167. The van der Waals surface area contributed by atoms with Crippen molar-refractivity contribution in [1.82, 2.24) is 0 Å². The van der Waals surface area contributed by atoms with Crippen LogP contribution >= 0.6 is 0 Å².